The van der Waals surface area contributed by atoms with Crippen molar-refractivity contribution < 1.29 is 9.26 Å². The van der Waals surface area contributed by atoms with Crippen LogP contribution in [0.4, 0.5) is 0 Å². The molecular weight excluding hydrogens is 266 g/mol. The van der Waals surface area contributed by atoms with Crippen molar-refractivity contribution in [3.8, 4) is 5.75 Å². The molecular formula is C16H23N3O2. The average molecular weight is 289 g/mol. The van der Waals surface area contributed by atoms with E-state index in [-0.39, 0.29) is 6.04 Å². The molecule has 114 valence electrons. The van der Waals surface area contributed by atoms with Gasteiger partial charge in [-0.3, -0.25) is 4.90 Å². The van der Waals surface area contributed by atoms with Gasteiger partial charge >= 0.3 is 0 Å². The van der Waals surface area contributed by atoms with Crippen molar-refractivity contribution in [1.29, 1.82) is 0 Å². The minimum absolute atomic E-state index is 0.0823. The number of aryl methyl sites for hydroxylation is 2. The molecule has 21 heavy (non-hydrogen) atoms. The highest BCUT2D eigenvalue weighted by molar-refractivity contribution is 5.27. The van der Waals surface area contributed by atoms with Gasteiger partial charge in [-0.05, 0) is 38.6 Å². The van der Waals surface area contributed by atoms with Crippen molar-refractivity contribution >= 4 is 0 Å². The first-order valence-electron chi connectivity index (χ1n) is 7.32. The molecule has 1 aromatic carbocycles. The van der Waals surface area contributed by atoms with E-state index in [2.05, 4.69) is 35.0 Å². The van der Waals surface area contributed by atoms with Crippen LogP contribution in [0.15, 0.2) is 28.8 Å². The van der Waals surface area contributed by atoms with Crippen molar-refractivity contribution in [3.05, 3.63) is 41.5 Å². The summed E-state index contributed by atoms with van der Waals surface area (Å²) in [6.07, 6.45) is 0.788. The van der Waals surface area contributed by atoms with Gasteiger partial charge in [-0.1, -0.05) is 24.2 Å². The summed E-state index contributed by atoms with van der Waals surface area (Å²) in [7, 11) is 2.03. The predicted octanol–water partition coefficient (Wildman–Crippen LogP) is 3.01. The summed E-state index contributed by atoms with van der Waals surface area (Å²) in [5.74, 6) is 2.31. The highest BCUT2D eigenvalue weighted by Crippen LogP contribution is 2.17. The van der Waals surface area contributed by atoms with E-state index < -0.39 is 0 Å². The van der Waals surface area contributed by atoms with E-state index in [1.807, 2.05) is 32.2 Å². The molecule has 5 heteroatoms. The largest absolute Gasteiger partial charge is 0.492 e. The third kappa shape index (κ3) is 4.29. The Morgan fingerprint density at radius 1 is 1.38 bits per heavy atom. The molecule has 5 nitrogen and oxygen atoms in total. The molecule has 0 aliphatic carbocycles. The third-order valence-electron chi connectivity index (χ3n) is 3.52. The van der Waals surface area contributed by atoms with Crippen molar-refractivity contribution in [2.24, 2.45) is 0 Å². The van der Waals surface area contributed by atoms with Gasteiger partial charge in [-0.2, -0.15) is 4.98 Å². The van der Waals surface area contributed by atoms with Crippen molar-refractivity contribution in [3.63, 3.8) is 0 Å². The lowest BCUT2D eigenvalue weighted by atomic mass is 10.2. The zero-order valence-electron chi connectivity index (χ0n) is 13.2. The number of rotatable bonds is 7. The van der Waals surface area contributed by atoms with Gasteiger partial charge in [0.05, 0.1) is 6.04 Å². The number of benzene rings is 1. The van der Waals surface area contributed by atoms with Crippen LogP contribution in [0.5, 0.6) is 5.75 Å². The van der Waals surface area contributed by atoms with Crippen molar-refractivity contribution in [2.45, 2.75) is 33.2 Å². The normalized spacial score (nSPS) is 12.6. The average Bonchev–Trinajstić information content (AvgIpc) is 2.95. The van der Waals surface area contributed by atoms with E-state index >= 15 is 0 Å². The number of aromatic nitrogens is 2. The molecule has 1 heterocycles. The summed E-state index contributed by atoms with van der Waals surface area (Å²) in [6, 6.07) is 8.15. The minimum atomic E-state index is 0.0823. The van der Waals surface area contributed by atoms with Gasteiger partial charge < -0.3 is 9.26 Å². The smallest absolute Gasteiger partial charge is 0.243 e. The van der Waals surface area contributed by atoms with E-state index in [0.29, 0.717) is 12.5 Å². The van der Waals surface area contributed by atoms with Crippen LogP contribution >= 0.6 is 0 Å². The van der Waals surface area contributed by atoms with Gasteiger partial charge in [-0.25, -0.2) is 0 Å². The summed E-state index contributed by atoms with van der Waals surface area (Å²) in [5.41, 5.74) is 1.20. The van der Waals surface area contributed by atoms with Crippen LogP contribution in [0.1, 0.15) is 37.2 Å². The number of ether oxygens (including phenoxy) is 1. The first-order chi connectivity index (χ1) is 10.1. The second kappa shape index (κ2) is 7.22. The Hall–Kier alpha value is -1.88. The lowest BCUT2D eigenvalue weighted by Gasteiger charge is -2.21. The zero-order chi connectivity index (χ0) is 15.2. The predicted molar refractivity (Wildman–Crippen MR) is 81.4 cm³/mol. The molecule has 0 fully saturated rings. The molecule has 0 saturated carbocycles. The molecule has 2 rings (SSSR count). The van der Waals surface area contributed by atoms with Gasteiger partial charge in [0.15, 0.2) is 5.82 Å². The second-order valence-electron chi connectivity index (χ2n) is 5.22. The Balaban J connectivity index is 1.82. The van der Waals surface area contributed by atoms with E-state index in [9.17, 15) is 0 Å². The van der Waals surface area contributed by atoms with E-state index in [4.69, 9.17) is 9.26 Å². The van der Waals surface area contributed by atoms with E-state index in [0.717, 1.165) is 24.5 Å². The molecule has 0 amide bonds. The Bertz CT molecular complexity index is 568. The van der Waals surface area contributed by atoms with E-state index in [1.54, 1.807) is 0 Å². The summed E-state index contributed by atoms with van der Waals surface area (Å²) < 4.78 is 11.0. The molecule has 0 radical (unpaired) electrons. The molecule has 0 N–H and O–H groups in total. The van der Waals surface area contributed by atoms with Gasteiger partial charge in [-0.15, -0.1) is 0 Å². The topological polar surface area (TPSA) is 51.4 Å². The highest BCUT2D eigenvalue weighted by atomic mass is 16.5. The molecule has 0 unspecified atom stereocenters. The highest BCUT2D eigenvalue weighted by Gasteiger charge is 2.18. The fourth-order valence-corrected chi connectivity index (χ4v) is 1.98. The van der Waals surface area contributed by atoms with Crippen LogP contribution in [-0.2, 0) is 6.42 Å². The maximum Gasteiger partial charge on any atom is 0.243 e. The molecule has 0 aliphatic rings. The molecule has 0 bridgehead atoms. The van der Waals surface area contributed by atoms with Crippen LogP contribution in [-0.4, -0.2) is 35.2 Å². The lowest BCUT2D eigenvalue weighted by Crippen LogP contribution is -2.27. The fraction of sp³-hybridized carbons (Fsp3) is 0.500. The molecule has 1 aromatic heterocycles. The number of nitrogens with zero attached hydrogens (tertiary/aromatic N) is 3. The minimum Gasteiger partial charge on any atom is -0.492 e. The maximum absolute atomic E-state index is 5.76. The molecule has 0 saturated heterocycles. The molecule has 0 aliphatic heterocycles. The summed E-state index contributed by atoms with van der Waals surface area (Å²) in [5, 5.41) is 3.93. The quantitative estimate of drug-likeness (QED) is 0.784. The molecule has 1 atom stereocenters. The van der Waals surface area contributed by atoms with Crippen LogP contribution in [0, 0.1) is 6.92 Å². The van der Waals surface area contributed by atoms with Gasteiger partial charge in [0.25, 0.3) is 0 Å². The monoisotopic (exact) mass is 289 g/mol. The first-order valence-corrected chi connectivity index (χ1v) is 7.32. The van der Waals surface area contributed by atoms with Gasteiger partial charge in [0, 0.05) is 13.0 Å². The second-order valence-corrected chi connectivity index (χ2v) is 5.22. The standard InChI is InChI=1S/C16H23N3O2/c1-5-15-17-16(21-18-15)13(3)19(4)9-10-20-14-8-6-7-12(2)11-14/h6-8,11,13H,5,9-10H2,1-4H3/t13-/m0/s1. The Kier molecular flexibility index (Phi) is 5.33. The van der Waals surface area contributed by atoms with Gasteiger partial charge in [0.2, 0.25) is 5.89 Å². The van der Waals surface area contributed by atoms with Crippen LogP contribution in [0.25, 0.3) is 0 Å². The van der Waals surface area contributed by atoms with E-state index in [1.165, 1.54) is 5.56 Å². The molecule has 0 spiro atoms. The Labute approximate surface area is 125 Å². The SMILES string of the molecule is CCc1noc([C@H](C)N(C)CCOc2cccc(C)c2)n1. The zero-order valence-corrected chi connectivity index (χ0v) is 13.2. The van der Waals surface area contributed by atoms with Crippen LogP contribution < -0.4 is 4.74 Å². The van der Waals surface area contributed by atoms with Gasteiger partial charge in [0.1, 0.15) is 12.4 Å². The van der Waals surface area contributed by atoms with Crippen molar-refractivity contribution in [1.82, 2.24) is 15.0 Å². The summed E-state index contributed by atoms with van der Waals surface area (Å²) in [4.78, 5) is 6.51. The number of likely N-dealkylation sites (N-methyl/N-ethyl adjacent to an activating group) is 1. The number of hydrogen-bond acceptors (Lipinski definition) is 5. The summed E-state index contributed by atoms with van der Waals surface area (Å²) >= 11 is 0. The Morgan fingerprint density at radius 3 is 2.86 bits per heavy atom. The lowest BCUT2D eigenvalue weighted by molar-refractivity contribution is 0.174. The maximum atomic E-state index is 5.76. The summed E-state index contributed by atoms with van der Waals surface area (Å²) in [6.45, 7) is 7.54. The first kappa shape index (κ1) is 15.5. The fourth-order valence-electron chi connectivity index (χ4n) is 1.98. The number of hydrogen-bond donors (Lipinski definition) is 0. The molecule has 2 aromatic rings. The third-order valence-corrected chi connectivity index (χ3v) is 3.52. The van der Waals surface area contributed by atoms with Crippen LogP contribution in [0.3, 0.4) is 0 Å². The van der Waals surface area contributed by atoms with Crippen molar-refractivity contribution in [2.75, 3.05) is 20.2 Å². The Morgan fingerprint density at radius 2 is 2.19 bits per heavy atom. The van der Waals surface area contributed by atoms with Crippen LogP contribution in [0.2, 0.25) is 0 Å².